The van der Waals surface area contributed by atoms with Gasteiger partial charge in [-0.1, -0.05) is 19.1 Å². The Morgan fingerprint density at radius 2 is 1.66 bits per heavy atom. The molecule has 0 heterocycles. The van der Waals surface area contributed by atoms with Crippen LogP contribution in [0.15, 0.2) is 53.5 Å². The maximum atomic E-state index is 12.2. The summed E-state index contributed by atoms with van der Waals surface area (Å²) in [4.78, 5) is 16.8. The molecular formula is C24H35IN4O3. The van der Waals surface area contributed by atoms with Crippen LogP contribution in [0.4, 0.5) is 0 Å². The topological polar surface area (TPSA) is 84.0 Å². The number of halogens is 1. The number of ether oxygens (including phenoxy) is 2. The van der Waals surface area contributed by atoms with Crippen molar-refractivity contribution in [2.45, 2.75) is 39.8 Å². The average Bonchev–Trinajstić information content (AvgIpc) is 2.80. The van der Waals surface area contributed by atoms with Crippen molar-refractivity contribution in [3.8, 4) is 11.5 Å². The zero-order chi connectivity index (χ0) is 22.5. The molecule has 3 N–H and O–H groups in total. The Bertz CT molecular complexity index is 826. The van der Waals surface area contributed by atoms with Crippen molar-refractivity contribution in [3.63, 3.8) is 0 Å². The number of amides is 1. The number of nitrogens with one attached hydrogen (secondary N) is 3. The molecule has 0 radical (unpaired) electrons. The summed E-state index contributed by atoms with van der Waals surface area (Å²) in [5.41, 5.74) is 1.69. The van der Waals surface area contributed by atoms with E-state index in [1.54, 1.807) is 7.11 Å². The van der Waals surface area contributed by atoms with Gasteiger partial charge in [-0.3, -0.25) is 4.79 Å². The van der Waals surface area contributed by atoms with Gasteiger partial charge in [0.2, 0.25) is 0 Å². The van der Waals surface area contributed by atoms with Crippen molar-refractivity contribution in [3.05, 3.63) is 59.7 Å². The van der Waals surface area contributed by atoms with Crippen LogP contribution < -0.4 is 25.4 Å². The van der Waals surface area contributed by atoms with Gasteiger partial charge in [0.1, 0.15) is 18.1 Å². The van der Waals surface area contributed by atoms with Crippen LogP contribution in [0, 0.1) is 0 Å². The first-order chi connectivity index (χ1) is 15.0. The van der Waals surface area contributed by atoms with Crippen LogP contribution in [0.2, 0.25) is 0 Å². The second-order valence-electron chi connectivity index (χ2n) is 7.13. The Labute approximate surface area is 208 Å². The van der Waals surface area contributed by atoms with E-state index in [1.807, 2.05) is 69.3 Å². The van der Waals surface area contributed by atoms with Crippen LogP contribution in [-0.2, 0) is 6.54 Å². The lowest BCUT2D eigenvalue weighted by Crippen LogP contribution is -2.39. The highest BCUT2D eigenvalue weighted by Gasteiger charge is 2.08. The lowest BCUT2D eigenvalue weighted by Gasteiger charge is -2.13. The average molecular weight is 554 g/mol. The minimum Gasteiger partial charge on any atom is -0.497 e. The second kappa shape index (κ2) is 15.3. The molecule has 32 heavy (non-hydrogen) atoms. The SMILES string of the molecule is CCNC(=NCc1ccc(C(=O)NC(C)CC)cc1)NCCOc1ccc(OC)cc1.I. The maximum absolute atomic E-state index is 12.2. The van der Waals surface area contributed by atoms with Gasteiger partial charge in [0.25, 0.3) is 5.91 Å². The van der Waals surface area contributed by atoms with Gasteiger partial charge in [-0.15, -0.1) is 24.0 Å². The van der Waals surface area contributed by atoms with Gasteiger partial charge >= 0.3 is 0 Å². The predicted molar refractivity (Wildman–Crippen MR) is 140 cm³/mol. The van der Waals surface area contributed by atoms with E-state index in [4.69, 9.17) is 9.47 Å². The molecule has 8 heteroatoms. The van der Waals surface area contributed by atoms with Gasteiger partial charge in [-0.05, 0) is 62.2 Å². The molecule has 0 aliphatic rings. The summed E-state index contributed by atoms with van der Waals surface area (Å²) in [6.07, 6.45) is 0.907. The fourth-order valence-corrected chi connectivity index (χ4v) is 2.69. The molecule has 0 spiro atoms. The molecule has 0 saturated heterocycles. The fourth-order valence-electron chi connectivity index (χ4n) is 2.69. The molecule has 2 aromatic carbocycles. The summed E-state index contributed by atoms with van der Waals surface area (Å²) in [5.74, 6) is 2.27. The van der Waals surface area contributed by atoms with Crippen molar-refractivity contribution in [1.29, 1.82) is 0 Å². The number of aliphatic imine (C=N–C) groups is 1. The van der Waals surface area contributed by atoms with E-state index in [2.05, 4.69) is 20.9 Å². The number of hydrogen-bond acceptors (Lipinski definition) is 4. The smallest absolute Gasteiger partial charge is 0.251 e. The molecule has 0 bridgehead atoms. The lowest BCUT2D eigenvalue weighted by molar-refractivity contribution is 0.0939. The fraction of sp³-hybridized carbons (Fsp3) is 0.417. The number of carbonyl (C=O) groups excluding carboxylic acids is 1. The number of methoxy groups -OCH3 is 1. The normalized spacial score (nSPS) is 11.7. The Balaban J connectivity index is 0.00000512. The number of nitrogens with zero attached hydrogens (tertiary/aromatic N) is 1. The van der Waals surface area contributed by atoms with E-state index in [0.717, 1.165) is 36.0 Å². The highest BCUT2D eigenvalue weighted by atomic mass is 127. The summed E-state index contributed by atoms with van der Waals surface area (Å²) < 4.78 is 10.9. The first-order valence-electron chi connectivity index (χ1n) is 10.7. The quantitative estimate of drug-likeness (QED) is 0.170. The van der Waals surface area contributed by atoms with Crippen molar-refractivity contribution < 1.29 is 14.3 Å². The van der Waals surface area contributed by atoms with E-state index in [0.29, 0.717) is 25.3 Å². The molecule has 176 valence electrons. The Hall–Kier alpha value is -2.49. The number of rotatable bonds is 11. The molecule has 0 aliphatic heterocycles. The van der Waals surface area contributed by atoms with Crippen LogP contribution in [0.3, 0.4) is 0 Å². The van der Waals surface area contributed by atoms with Crippen LogP contribution in [0.5, 0.6) is 11.5 Å². The molecule has 0 aromatic heterocycles. The first-order valence-corrected chi connectivity index (χ1v) is 10.7. The van der Waals surface area contributed by atoms with E-state index in [1.165, 1.54) is 0 Å². The predicted octanol–water partition coefficient (Wildman–Crippen LogP) is 3.98. The summed E-state index contributed by atoms with van der Waals surface area (Å²) in [5, 5.41) is 9.47. The molecule has 1 atom stereocenters. The summed E-state index contributed by atoms with van der Waals surface area (Å²) in [6.45, 7) is 8.48. The number of carbonyl (C=O) groups is 1. The zero-order valence-corrected chi connectivity index (χ0v) is 21.6. The van der Waals surface area contributed by atoms with Gasteiger partial charge in [0.15, 0.2) is 5.96 Å². The maximum Gasteiger partial charge on any atom is 0.251 e. The van der Waals surface area contributed by atoms with Crippen molar-refractivity contribution in [2.24, 2.45) is 4.99 Å². The largest absolute Gasteiger partial charge is 0.497 e. The molecule has 0 aliphatic carbocycles. The molecule has 2 rings (SSSR count). The van der Waals surface area contributed by atoms with Crippen LogP contribution >= 0.6 is 24.0 Å². The van der Waals surface area contributed by atoms with Gasteiger partial charge < -0.3 is 25.4 Å². The van der Waals surface area contributed by atoms with Crippen molar-refractivity contribution in [2.75, 3.05) is 26.8 Å². The third-order valence-corrected chi connectivity index (χ3v) is 4.69. The van der Waals surface area contributed by atoms with E-state index in [-0.39, 0.29) is 35.9 Å². The monoisotopic (exact) mass is 554 g/mol. The summed E-state index contributed by atoms with van der Waals surface area (Å²) in [7, 11) is 1.64. The zero-order valence-electron chi connectivity index (χ0n) is 19.3. The summed E-state index contributed by atoms with van der Waals surface area (Å²) in [6, 6.07) is 15.2. The number of guanidine groups is 1. The van der Waals surface area contributed by atoms with E-state index < -0.39 is 0 Å². The van der Waals surface area contributed by atoms with Gasteiger partial charge in [0.05, 0.1) is 20.2 Å². The first kappa shape index (κ1) is 27.5. The minimum absolute atomic E-state index is 0. The molecule has 0 fully saturated rings. The second-order valence-corrected chi connectivity index (χ2v) is 7.13. The van der Waals surface area contributed by atoms with Crippen molar-refractivity contribution in [1.82, 2.24) is 16.0 Å². The highest BCUT2D eigenvalue weighted by molar-refractivity contribution is 14.0. The molecule has 2 aromatic rings. The third kappa shape index (κ3) is 9.76. The van der Waals surface area contributed by atoms with Gasteiger partial charge in [0, 0.05) is 18.2 Å². The highest BCUT2D eigenvalue weighted by Crippen LogP contribution is 2.16. The third-order valence-electron chi connectivity index (χ3n) is 4.69. The van der Waals surface area contributed by atoms with Crippen LogP contribution in [-0.4, -0.2) is 44.7 Å². The molecule has 1 amide bonds. The lowest BCUT2D eigenvalue weighted by atomic mass is 10.1. The minimum atomic E-state index is -0.0451. The Kier molecular flexibility index (Phi) is 13.2. The van der Waals surface area contributed by atoms with Crippen LogP contribution in [0.25, 0.3) is 0 Å². The Morgan fingerprint density at radius 1 is 1.00 bits per heavy atom. The summed E-state index contributed by atoms with van der Waals surface area (Å²) >= 11 is 0. The standard InChI is InChI=1S/C24H34N4O3.HI/c1-5-18(3)28-23(29)20-9-7-19(8-10-20)17-27-24(25-6-2)26-15-16-31-22-13-11-21(30-4)12-14-22;/h7-14,18H,5-6,15-17H2,1-4H3,(H,28,29)(H2,25,26,27);1H. The van der Waals surface area contributed by atoms with E-state index >= 15 is 0 Å². The molecule has 1 unspecified atom stereocenters. The van der Waals surface area contributed by atoms with E-state index in [9.17, 15) is 4.79 Å². The van der Waals surface area contributed by atoms with Gasteiger partial charge in [-0.2, -0.15) is 0 Å². The Morgan fingerprint density at radius 3 is 2.25 bits per heavy atom. The number of benzene rings is 2. The van der Waals surface area contributed by atoms with Gasteiger partial charge in [-0.25, -0.2) is 4.99 Å². The van der Waals surface area contributed by atoms with Crippen LogP contribution in [0.1, 0.15) is 43.1 Å². The number of hydrogen-bond donors (Lipinski definition) is 3. The molecular weight excluding hydrogens is 519 g/mol. The molecule has 7 nitrogen and oxygen atoms in total. The molecule has 0 saturated carbocycles. The van der Waals surface area contributed by atoms with Crippen molar-refractivity contribution >= 4 is 35.8 Å².